The molecule has 1 aromatic rings. The van der Waals surface area contributed by atoms with Gasteiger partial charge in [-0.2, -0.15) is 0 Å². The van der Waals surface area contributed by atoms with Crippen LogP contribution in [-0.4, -0.2) is 21.0 Å². The first-order chi connectivity index (χ1) is 6.14. The number of nitrogens with one attached hydrogen (secondary N) is 1. The van der Waals surface area contributed by atoms with Crippen LogP contribution in [0.5, 0.6) is 0 Å². The highest BCUT2D eigenvalue weighted by atomic mass is 16.4. The Bertz CT molecular complexity index is 339. The van der Waals surface area contributed by atoms with Gasteiger partial charge in [-0.05, 0) is 19.8 Å². The van der Waals surface area contributed by atoms with Crippen LogP contribution in [0.15, 0.2) is 6.33 Å². The Labute approximate surface area is 76.0 Å². The highest BCUT2D eigenvalue weighted by Crippen LogP contribution is 2.48. The van der Waals surface area contributed by atoms with Crippen molar-refractivity contribution in [1.29, 1.82) is 0 Å². The Balaban J connectivity index is 2.15. The van der Waals surface area contributed by atoms with E-state index in [4.69, 9.17) is 5.11 Å². The number of H-pyrrole nitrogens is 1. The Hall–Kier alpha value is -1.32. The number of aromatic nitrogens is 2. The Morgan fingerprint density at radius 1 is 1.77 bits per heavy atom. The second kappa shape index (κ2) is 2.58. The fraction of sp³-hybridized carbons (Fsp3) is 0.556. The van der Waals surface area contributed by atoms with Crippen molar-refractivity contribution < 1.29 is 9.90 Å². The summed E-state index contributed by atoms with van der Waals surface area (Å²) in [5, 5.41) is 8.96. The SMILES string of the molecule is Cc1[nH]cnc1CC1(C(=O)O)CC1. The van der Waals surface area contributed by atoms with Crippen molar-refractivity contribution in [3.63, 3.8) is 0 Å². The van der Waals surface area contributed by atoms with Gasteiger partial charge in [-0.15, -0.1) is 0 Å². The number of carboxylic acid groups (broad SMARTS) is 1. The second-order valence-electron chi connectivity index (χ2n) is 3.74. The summed E-state index contributed by atoms with van der Waals surface area (Å²) in [6.07, 6.45) is 3.75. The van der Waals surface area contributed by atoms with E-state index in [0.717, 1.165) is 24.2 Å². The smallest absolute Gasteiger partial charge is 0.310 e. The molecule has 4 nitrogen and oxygen atoms in total. The maximum atomic E-state index is 10.9. The van der Waals surface area contributed by atoms with Crippen LogP contribution in [-0.2, 0) is 11.2 Å². The van der Waals surface area contributed by atoms with Gasteiger partial charge < -0.3 is 10.1 Å². The van der Waals surface area contributed by atoms with Crippen LogP contribution in [0.4, 0.5) is 0 Å². The molecule has 0 atom stereocenters. The van der Waals surface area contributed by atoms with Gasteiger partial charge >= 0.3 is 5.97 Å². The standard InChI is InChI=1S/C9H12N2O2/c1-6-7(11-5-10-6)4-9(2-3-9)8(12)13/h5H,2-4H2,1H3,(H,10,11)(H,12,13). The third kappa shape index (κ3) is 1.32. The number of hydrogen-bond acceptors (Lipinski definition) is 2. The molecule has 0 amide bonds. The number of imidazole rings is 1. The number of aromatic amines is 1. The van der Waals surface area contributed by atoms with Crippen LogP contribution < -0.4 is 0 Å². The van der Waals surface area contributed by atoms with E-state index in [1.165, 1.54) is 0 Å². The molecule has 1 aromatic heterocycles. The largest absolute Gasteiger partial charge is 0.481 e. The molecular formula is C9H12N2O2. The van der Waals surface area contributed by atoms with E-state index < -0.39 is 11.4 Å². The van der Waals surface area contributed by atoms with Gasteiger partial charge in [-0.1, -0.05) is 0 Å². The lowest BCUT2D eigenvalue weighted by Crippen LogP contribution is -2.18. The molecule has 0 aliphatic heterocycles. The molecule has 0 bridgehead atoms. The summed E-state index contributed by atoms with van der Waals surface area (Å²) in [6.45, 7) is 1.92. The minimum Gasteiger partial charge on any atom is -0.481 e. The lowest BCUT2D eigenvalue weighted by Gasteiger charge is -2.07. The van der Waals surface area contributed by atoms with Crippen molar-refractivity contribution in [1.82, 2.24) is 9.97 Å². The van der Waals surface area contributed by atoms with Crippen LogP contribution in [0.2, 0.25) is 0 Å². The predicted octanol–water partition coefficient (Wildman–Crippen LogP) is 1.13. The molecule has 70 valence electrons. The van der Waals surface area contributed by atoms with Gasteiger partial charge in [-0.25, -0.2) is 4.98 Å². The van der Waals surface area contributed by atoms with Crippen molar-refractivity contribution in [2.24, 2.45) is 5.41 Å². The number of carbonyl (C=O) groups is 1. The Morgan fingerprint density at radius 2 is 2.46 bits per heavy atom. The number of nitrogens with zero attached hydrogens (tertiary/aromatic N) is 1. The molecule has 1 fully saturated rings. The van der Waals surface area contributed by atoms with E-state index in [0.29, 0.717) is 6.42 Å². The Kier molecular flexibility index (Phi) is 1.65. The molecule has 0 unspecified atom stereocenters. The zero-order chi connectivity index (χ0) is 9.47. The maximum absolute atomic E-state index is 10.9. The molecular weight excluding hydrogens is 168 g/mol. The van der Waals surface area contributed by atoms with E-state index >= 15 is 0 Å². The van der Waals surface area contributed by atoms with Crippen molar-refractivity contribution >= 4 is 5.97 Å². The first-order valence-electron chi connectivity index (χ1n) is 4.36. The lowest BCUT2D eigenvalue weighted by atomic mass is 10.00. The molecule has 0 aromatic carbocycles. The third-order valence-electron chi connectivity index (χ3n) is 2.75. The van der Waals surface area contributed by atoms with Crippen molar-refractivity contribution in [2.45, 2.75) is 26.2 Å². The summed E-state index contributed by atoms with van der Waals surface area (Å²) in [5.74, 6) is -0.685. The lowest BCUT2D eigenvalue weighted by molar-refractivity contribution is -0.143. The van der Waals surface area contributed by atoms with Gasteiger partial charge in [0.05, 0.1) is 17.4 Å². The highest BCUT2D eigenvalue weighted by molar-refractivity contribution is 5.78. The van der Waals surface area contributed by atoms with Gasteiger partial charge in [0.25, 0.3) is 0 Å². The fourth-order valence-corrected chi connectivity index (χ4v) is 1.50. The fourth-order valence-electron chi connectivity index (χ4n) is 1.50. The minimum absolute atomic E-state index is 0.500. The van der Waals surface area contributed by atoms with Crippen LogP contribution >= 0.6 is 0 Å². The predicted molar refractivity (Wildman–Crippen MR) is 46.3 cm³/mol. The molecule has 0 radical (unpaired) electrons. The first kappa shape index (κ1) is 8.29. The number of rotatable bonds is 3. The summed E-state index contributed by atoms with van der Waals surface area (Å²) in [5.41, 5.74) is 1.37. The minimum atomic E-state index is -0.685. The van der Waals surface area contributed by atoms with Crippen LogP contribution in [0.3, 0.4) is 0 Å². The monoisotopic (exact) mass is 180 g/mol. The normalized spacial score (nSPS) is 18.5. The van der Waals surface area contributed by atoms with E-state index in [-0.39, 0.29) is 0 Å². The molecule has 0 spiro atoms. The molecule has 0 saturated heterocycles. The summed E-state index contributed by atoms with van der Waals surface area (Å²) in [4.78, 5) is 17.9. The summed E-state index contributed by atoms with van der Waals surface area (Å²) >= 11 is 0. The van der Waals surface area contributed by atoms with Crippen LogP contribution in [0.1, 0.15) is 24.2 Å². The quantitative estimate of drug-likeness (QED) is 0.732. The number of aliphatic carboxylic acids is 1. The average molecular weight is 180 g/mol. The summed E-state index contributed by atoms with van der Waals surface area (Å²) in [6, 6.07) is 0. The van der Waals surface area contributed by atoms with Gasteiger partial charge in [-0.3, -0.25) is 4.79 Å². The average Bonchev–Trinajstić information content (AvgIpc) is 2.74. The highest BCUT2D eigenvalue weighted by Gasteiger charge is 2.50. The van der Waals surface area contributed by atoms with Gasteiger partial charge in [0, 0.05) is 12.1 Å². The number of carboxylic acids is 1. The zero-order valence-corrected chi connectivity index (χ0v) is 7.50. The first-order valence-corrected chi connectivity index (χ1v) is 4.36. The molecule has 2 rings (SSSR count). The van der Waals surface area contributed by atoms with Gasteiger partial charge in [0.2, 0.25) is 0 Å². The topological polar surface area (TPSA) is 66.0 Å². The van der Waals surface area contributed by atoms with E-state index in [2.05, 4.69) is 9.97 Å². The van der Waals surface area contributed by atoms with Crippen LogP contribution in [0.25, 0.3) is 0 Å². The molecule has 13 heavy (non-hydrogen) atoms. The van der Waals surface area contributed by atoms with Gasteiger partial charge in [0.1, 0.15) is 0 Å². The second-order valence-corrected chi connectivity index (χ2v) is 3.74. The molecule has 1 aliphatic rings. The van der Waals surface area contributed by atoms with E-state index in [9.17, 15) is 4.79 Å². The van der Waals surface area contributed by atoms with Crippen molar-refractivity contribution in [3.8, 4) is 0 Å². The molecule has 2 N–H and O–H groups in total. The van der Waals surface area contributed by atoms with E-state index in [1.807, 2.05) is 6.92 Å². The van der Waals surface area contributed by atoms with E-state index in [1.54, 1.807) is 6.33 Å². The molecule has 1 saturated carbocycles. The summed E-state index contributed by atoms with van der Waals surface area (Å²) < 4.78 is 0. The number of hydrogen-bond donors (Lipinski definition) is 2. The zero-order valence-electron chi connectivity index (χ0n) is 7.50. The summed E-state index contributed by atoms with van der Waals surface area (Å²) in [7, 11) is 0. The molecule has 1 heterocycles. The third-order valence-corrected chi connectivity index (χ3v) is 2.75. The number of aryl methyl sites for hydroxylation is 1. The molecule has 1 aliphatic carbocycles. The van der Waals surface area contributed by atoms with Crippen molar-refractivity contribution in [3.05, 3.63) is 17.7 Å². The molecule has 4 heteroatoms. The van der Waals surface area contributed by atoms with Crippen LogP contribution in [0, 0.1) is 12.3 Å². The maximum Gasteiger partial charge on any atom is 0.310 e. The van der Waals surface area contributed by atoms with Gasteiger partial charge in [0.15, 0.2) is 0 Å². The van der Waals surface area contributed by atoms with Crippen molar-refractivity contribution in [2.75, 3.05) is 0 Å². The Morgan fingerprint density at radius 3 is 2.85 bits per heavy atom.